The van der Waals surface area contributed by atoms with E-state index in [9.17, 15) is 9.90 Å². The van der Waals surface area contributed by atoms with Crippen LogP contribution in [-0.4, -0.2) is 16.2 Å². The van der Waals surface area contributed by atoms with Crippen molar-refractivity contribution in [3.05, 3.63) is 23.7 Å². The van der Waals surface area contributed by atoms with Gasteiger partial charge < -0.3 is 14.6 Å². The number of aliphatic hydroxyl groups is 1. The Balaban J connectivity index is 2.32. The van der Waals surface area contributed by atoms with E-state index in [-0.39, 0.29) is 11.7 Å². The summed E-state index contributed by atoms with van der Waals surface area (Å²) in [6.45, 7) is 4.10. The van der Waals surface area contributed by atoms with Gasteiger partial charge in [0.2, 0.25) is 5.76 Å². The van der Waals surface area contributed by atoms with Crippen LogP contribution in [0, 0.1) is 11.8 Å². The molecule has 4 heteroatoms. The van der Waals surface area contributed by atoms with E-state index in [2.05, 4.69) is 6.92 Å². The van der Waals surface area contributed by atoms with E-state index in [1.807, 2.05) is 6.92 Å². The molecule has 0 spiro atoms. The van der Waals surface area contributed by atoms with Crippen LogP contribution >= 0.6 is 0 Å². The van der Waals surface area contributed by atoms with Crippen LogP contribution in [0.2, 0.25) is 0 Å². The van der Waals surface area contributed by atoms with Crippen molar-refractivity contribution < 1.29 is 19.4 Å². The van der Waals surface area contributed by atoms with E-state index in [0.29, 0.717) is 18.1 Å². The summed E-state index contributed by atoms with van der Waals surface area (Å²) >= 11 is 0. The summed E-state index contributed by atoms with van der Waals surface area (Å²) in [5, 5.41) is 19.5. The monoisotopic (exact) mass is 238 g/mol. The second-order valence-electron chi connectivity index (χ2n) is 5.05. The highest BCUT2D eigenvalue weighted by molar-refractivity contribution is 5.84. The summed E-state index contributed by atoms with van der Waals surface area (Å²) in [5.41, 5.74) is -1.02. The zero-order chi connectivity index (χ0) is 12.6. The van der Waals surface area contributed by atoms with Gasteiger partial charge in [0, 0.05) is 0 Å². The van der Waals surface area contributed by atoms with Gasteiger partial charge in [-0.1, -0.05) is 20.3 Å². The molecule has 17 heavy (non-hydrogen) atoms. The molecule has 3 atom stereocenters. The molecule has 0 radical (unpaired) electrons. The van der Waals surface area contributed by atoms with E-state index in [4.69, 9.17) is 9.52 Å². The Morgan fingerprint density at radius 1 is 1.47 bits per heavy atom. The second-order valence-corrected chi connectivity index (χ2v) is 5.05. The molecule has 1 aromatic rings. The van der Waals surface area contributed by atoms with Crippen LogP contribution < -0.4 is 0 Å². The van der Waals surface area contributed by atoms with Crippen molar-refractivity contribution in [2.75, 3.05) is 0 Å². The van der Waals surface area contributed by atoms with Crippen molar-refractivity contribution in [2.45, 2.75) is 38.7 Å². The minimum atomic E-state index is -1.10. The number of hydrogen-bond donors (Lipinski definition) is 2. The zero-order valence-electron chi connectivity index (χ0n) is 10.1. The van der Waals surface area contributed by atoms with Gasteiger partial charge in [0.15, 0.2) is 0 Å². The van der Waals surface area contributed by atoms with Crippen LogP contribution in [0.25, 0.3) is 0 Å². The van der Waals surface area contributed by atoms with Gasteiger partial charge in [-0.15, -0.1) is 0 Å². The number of rotatable bonds is 2. The Morgan fingerprint density at radius 2 is 2.18 bits per heavy atom. The van der Waals surface area contributed by atoms with Gasteiger partial charge in [0.1, 0.15) is 11.4 Å². The molecule has 3 unspecified atom stereocenters. The molecule has 0 saturated heterocycles. The lowest BCUT2D eigenvalue weighted by molar-refractivity contribution is -0.0843. The molecule has 4 nitrogen and oxygen atoms in total. The molecule has 1 fully saturated rings. The van der Waals surface area contributed by atoms with Crippen molar-refractivity contribution in [1.82, 2.24) is 0 Å². The fraction of sp³-hybridized carbons (Fsp3) is 0.615. The lowest BCUT2D eigenvalue weighted by Gasteiger charge is -2.40. The predicted molar refractivity (Wildman–Crippen MR) is 61.7 cm³/mol. The lowest BCUT2D eigenvalue weighted by atomic mass is 9.69. The van der Waals surface area contributed by atoms with Gasteiger partial charge in [0.25, 0.3) is 0 Å². The minimum absolute atomic E-state index is 0.0732. The van der Waals surface area contributed by atoms with Gasteiger partial charge in [-0.3, -0.25) is 0 Å². The number of carboxylic acid groups (broad SMARTS) is 1. The molecule has 1 saturated carbocycles. The maximum atomic E-state index is 10.8. The minimum Gasteiger partial charge on any atom is -0.475 e. The molecule has 1 aliphatic carbocycles. The maximum Gasteiger partial charge on any atom is 0.371 e. The lowest BCUT2D eigenvalue weighted by Crippen LogP contribution is -2.40. The molecule has 1 aliphatic rings. The van der Waals surface area contributed by atoms with Gasteiger partial charge >= 0.3 is 5.97 Å². The maximum absolute atomic E-state index is 10.8. The van der Waals surface area contributed by atoms with Crippen LogP contribution in [0.15, 0.2) is 16.5 Å². The van der Waals surface area contributed by atoms with Crippen molar-refractivity contribution in [3.8, 4) is 0 Å². The number of furan rings is 1. The summed E-state index contributed by atoms with van der Waals surface area (Å²) in [4.78, 5) is 10.8. The smallest absolute Gasteiger partial charge is 0.371 e. The Bertz CT molecular complexity index is 423. The molecular weight excluding hydrogens is 220 g/mol. The summed E-state index contributed by atoms with van der Waals surface area (Å²) in [6, 6.07) is 2.99. The molecule has 94 valence electrons. The van der Waals surface area contributed by atoms with Gasteiger partial charge in [0.05, 0.1) is 0 Å². The van der Waals surface area contributed by atoms with Gasteiger partial charge in [-0.25, -0.2) is 4.79 Å². The van der Waals surface area contributed by atoms with Crippen molar-refractivity contribution in [3.63, 3.8) is 0 Å². The average molecular weight is 238 g/mol. The number of carboxylic acids is 1. The standard InChI is InChI=1S/C13H18O4/c1-8-4-3-7-13(16,9(8)2)11-6-5-10(17-11)12(14)15/h5-6,8-9,16H,3-4,7H2,1-2H3,(H,14,15). The first-order chi connectivity index (χ1) is 7.95. The van der Waals surface area contributed by atoms with Crippen molar-refractivity contribution in [1.29, 1.82) is 0 Å². The highest BCUT2D eigenvalue weighted by Crippen LogP contribution is 2.44. The molecule has 0 aromatic carbocycles. The third kappa shape index (κ3) is 1.97. The first-order valence-electron chi connectivity index (χ1n) is 6.01. The summed E-state index contributed by atoms with van der Waals surface area (Å²) < 4.78 is 5.26. The first-order valence-corrected chi connectivity index (χ1v) is 6.01. The molecule has 1 aromatic heterocycles. The third-order valence-electron chi connectivity index (χ3n) is 4.07. The van der Waals surface area contributed by atoms with Crippen LogP contribution in [0.5, 0.6) is 0 Å². The largest absolute Gasteiger partial charge is 0.475 e. The number of carbonyl (C=O) groups is 1. The summed E-state index contributed by atoms with van der Waals surface area (Å²) in [5.74, 6) is -0.347. The Labute approximate surface area is 100 Å². The normalized spacial score (nSPS) is 33.6. The fourth-order valence-corrected chi connectivity index (χ4v) is 2.67. The van der Waals surface area contributed by atoms with E-state index in [0.717, 1.165) is 12.8 Å². The van der Waals surface area contributed by atoms with E-state index >= 15 is 0 Å². The van der Waals surface area contributed by atoms with E-state index < -0.39 is 11.6 Å². The first kappa shape index (κ1) is 12.2. The Hall–Kier alpha value is -1.29. The van der Waals surface area contributed by atoms with Crippen molar-refractivity contribution in [2.24, 2.45) is 11.8 Å². The SMILES string of the molecule is CC1CCCC(O)(c2ccc(C(=O)O)o2)C1C. The summed E-state index contributed by atoms with van der Waals surface area (Å²) in [6.07, 6.45) is 2.66. The van der Waals surface area contributed by atoms with Crippen LogP contribution in [0.1, 0.15) is 49.4 Å². The average Bonchev–Trinajstić information content (AvgIpc) is 2.75. The molecule has 0 amide bonds. The topological polar surface area (TPSA) is 70.7 Å². The molecule has 2 rings (SSSR count). The van der Waals surface area contributed by atoms with Crippen LogP contribution in [0.4, 0.5) is 0 Å². The molecule has 1 heterocycles. The number of aromatic carboxylic acids is 1. The van der Waals surface area contributed by atoms with Crippen LogP contribution in [0.3, 0.4) is 0 Å². The Kier molecular flexibility index (Phi) is 3.00. The quantitative estimate of drug-likeness (QED) is 0.830. The predicted octanol–water partition coefficient (Wildman–Crippen LogP) is 2.62. The van der Waals surface area contributed by atoms with Gasteiger partial charge in [-0.05, 0) is 36.8 Å². The van der Waals surface area contributed by atoms with Crippen LogP contribution in [-0.2, 0) is 5.60 Å². The van der Waals surface area contributed by atoms with Crippen molar-refractivity contribution >= 4 is 5.97 Å². The molecular formula is C13H18O4. The Morgan fingerprint density at radius 3 is 2.76 bits per heavy atom. The highest BCUT2D eigenvalue weighted by Gasteiger charge is 2.43. The summed E-state index contributed by atoms with van der Waals surface area (Å²) in [7, 11) is 0. The third-order valence-corrected chi connectivity index (χ3v) is 4.07. The zero-order valence-corrected chi connectivity index (χ0v) is 10.1. The molecule has 0 aliphatic heterocycles. The molecule has 0 bridgehead atoms. The van der Waals surface area contributed by atoms with Gasteiger partial charge in [-0.2, -0.15) is 0 Å². The second kappa shape index (κ2) is 4.18. The van der Waals surface area contributed by atoms with E-state index in [1.165, 1.54) is 6.07 Å². The highest BCUT2D eigenvalue weighted by atomic mass is 16.4. The fourth-order valence-electron chi connectivity index (χ4n) is 2.67. The van der Waals surface area contributed by atoms with E-state index in [1.54, 1.807) is 6.07 Å². The number of hydrogen-bond acceptors (Lipinski definition) is 3. The molecule has 2 N–H and O–H groups in total.